The zero-order valence-electron chi connectivity index (χ0n) is 15.9. The molecule has 0 bridgehead atoms. The van der Waals surface area contributed by atoms with Gasteiger partial charge < -0.3 is 5.11 Å². The van der Waals surface area contributed by atoms with E-state index >= 15 is 0 Å². The predicted octanol–water partition coefficient (Wildman–Crippen LogP) is 3.02. The summed E-state index contributed by atoms with van der Waals surface area (Å²) in [7, 11) is 0. The standard InChI is InChI=1S/C21H28N2O4/c1-12(14-8-4-5-9-14)23-21(27)16(17-18(24)20(26)19(17)25)15(22-23)11-10-13-6-2-3-7-13/h12-14,22,24H,2-11H2,1H3. The van der Waals surface area contributed by atoms with Crippen LogP contribution in [0.4, 0.5) is 0 Å². The van der Waals surface area contributed by atoms with Crippen LogP contribution in [-0.2, 0) is 6.42 Å². The van der Waals surface area contributed by atoms with Gasteiger partial charge >= 0.3 is 0 Å². The van der Waals surface area contributed by atoms with Crippen LogP contribution in [0.15, 0.2) is 14.4 Å². The molecule has 0 radical (unpaired) electrons. The van der Waals surface area contributed by atoms with Gasteiger partial charge in [-0.05, 0) is 44.4 Å². The molecular formula is C21H28N2O4. The molecule has 4 rings (SSSR count). The quantitative estimate of drug-likeness (QED) is 0.763. The topological polar surface area (TPSA) is 92.2 Å². The van der Waals surface area contributed by atoms with E-state index in [1.807, 2.05) is 6.92 Å². The normalized spacial score (nSPS) is 20.0. The first-order valence-electron chi connectivity index (χ1n) is 10.3. The van der Waals surface area contributed by atoms with Crippen LogP contribution in [0.5, 0.6) is 5.75 Å². The largest absolute Gasteiger partial charge is 0.503 e. The number of rotatable bonds is 6. The van der Waals surface area contributed by atoms with Gasteiger partial charge in [0.25, 0.3) is 11.0 Å². The van der Waals surface area contributed by atoms with Crippen molar-refractivity contribution < 1.29 is 5.11 Å². The number of aromatic hydroxyl groups is 1. The highest BCUT2D eigenvalue weighted by Gasteiger charge is 2.32. The molecule has 0 amide bonds. The summed E-state index contributed by atoms with van der Waals surface area (Å²) in [5.41, 5.74) is -1.08. The van der Waals surface area contributed by atoms with Gasteiger partial charge in [0.15, 0.2) is 5.75 Å². The Kier molecular flexibility index (Phi) is 4.82. The van der Waals surface area contributed by atoms with Crippen molar-refractivity contribution >= 4 is 0 Å². The number of hydrogen-bond acceptors (Lipinski definition) is 4. The SMILES string of the molecule is CC(C1CCCC1)n1[nH]c(CCC2CCCC2)c(-c2c(O)c(=O)c2=O)c1=O. The molecule has 2 N–H and O–H groups in total. The van der Waals surface area contributed by atoms with Crippen molar-refractivity contribution in [3.05, 3.63) is 36.5 Å². The van der Waals surface area contributed by atoms with E-state index in [9.17, 15) is 19.5 Å². The molecule has 1 aromatic heterocycles. The van der Waals surface area contributed by atoms with E-state index < -0.39 is 16.6 Å². The second-order valence-corrected chi connectivity index (χ2v) is 8.50. The monoisotopic (exact) mass is 372 g/mol. The van der Waals surface area contributed by atoms with E-state index in [1.165, 1.54) is 38.5 Å². The zero-order chi connectivity index (χ0) is 19.1. The molecular weight excluding hydrogens is 344 g/mol. The van der Waals surface area contributed by atoms with E-state index in [0.717, 1.165) is 19.3 Å². The Bertz CT molecular complexity index is 948. The summed E-state index contributed by atoms with van der Waals surface area (Å²) in [4.78, 5) is 36.7. The van der Waals surface area contributed by atoms with Crippen molar-refractivity contribution in [3.8, 4) is 16.9 Å². The molecule has 1 aromatic carbocycles. The van der Waals surface area contributed by atoms with Gasteiger partial charge in [-0.25, -0.2) is 4.68 Å². The summed E-state index contributed by atoms with van der Waals surface area (Å²) in [5.74, 6) is 0.537. The van der Waals surface area contributed by atoms with Crippen molar-refractivity contribution in [2.75, 3.05) is 0 Å². The maximum absolute atomic E-state index is 13.1. The zero-order valence-corrected chi connectivity index (χ0v) is 15.9. The van der Waals surface area contributed by atoms with Crippen molar-refractivity contribution in [3.63, 3.8) is 0 Å². The van der Waals surface area contributed by atoms with Crippen LogP contribution >= 0.6 is 0 Å². The molecule has 2 saturated carbocycles. The first-order chi connectivity index (χ1) is 13.0. The van der Waals surface area contributed by atoms with E-state index in [2.05, 4.69) is 5.10 Å². The van der Waals surface area contributed by atoms with E-state index in [-0.39, 0.29) is 22.7 Å². The lowest BCUT2D eigenvalue weighted by Gasteiger charge is -2.19. The van der Waals surface area contributed by atoms with Crippen LogP contribution in [0, 0.1) is 11.8 Å². The fourth-order valence-corrected chi connectivity index (χ4v) is 5.14. The first kappa shape index (κ1) is 18.3. The van der Waals surface area contributed by atoms with Gasteiger partial charge in [-0.3, -0.25) is 19.5 Å². The molecule has 6 heteroatoms. The van der Waals surface area contributed by atoms with Crippen molar-refractivity contribution in [2.24, 2.45) is 11.8 Å². The number of nitrogens with one attached hydrogen (secondary N) is 1. The highest BCUT2D eigenvalue weighted by Crippen LogP contribution is 2.35. The third kappa shape index (κ3) is 3.09. The Balaban J connectivity index is 1.71. The number of H-pyrrole nitrogens is 1. The maximum Gasteiger partial charge on any atom is 0.275 e. The molecule has 1 atom stereocenters. The third-order valence-corrected chi connectivity index (χ3v) is 6.89. The minimum absolute atomic E-state index is 0.0209. The summed E-state index contributed by atoms with van der Waals surface area (Å²) >= 11 is 0. The Morgan fingerprint density at radius 1 is 1.00 bits per heavy atom. The highest BCUT2D eigenvalue weighted by molar-refractivity contribution is 5.74. The number of aromatic amines is 1. The van der Waals surface area contributed by atoms with E-state index in [4.69, 9.17) is 0 Å². The van der Waals surface area contributed by atoms with E-state index in [1.54, 1.807) is 4.68 Å². The first-order valence-corrected chi connectivity index (χ1v) is 10.3. The van der Waals surface area contributed by atoms with Gasteiger partial charge in [-0.15, -0.1) is 0 Å². The molecule has 0 spiro atoms. The lowest BCUT2D eigenvalue weighted by atomic mass is 9.95. The van der Waals surface area contributed by atoms with Crippen LogP contribution in [0.25, 0.3) is 11.1 Å². The van der Waals surface area contributed by atoms with Gasteiger partial charge in [0.05, 0.1) is 17.2 Å². The van der Waals surface area contributed by atoms with Gasteiger partial charge in [-0.1, -0.05) is 38.5 Å². The smallest absolute Gasteiger partial charge is 0.275 e. The minimum Gasteiger partial charge on any atom is -0.503 e. The summed E-state index contributed by atoms with van der Waals surface area (Å²) in [5, 5.41) is 13.2. The van der Waals surface area contributed by atoms with E-state index in [0.29, 0.717) is 24.0 Å². The second-order valence-electron chi connectivity index (χ2n) is 8.50. The fourth-order valence-electron chi connectivity index (χ4n) is 5.14. The minimum atomic E-state index is -0.886. The summed E-state index contributed by atoms with van der Waals surface area (Å²) in [6.07, 6.45) is 11.1. The number of hydrogen-bond donors (Lipinski definition) is 2. The molecule has 0 aliphatic heterocycles. The second kappa shape index (κ2) is 7.13. The van der Waals surface area contributed by atoms with Gasteiger partial charge in [0, 0.05) is 5.69 Å². The summed E-state index contributed by atoms with van der Waals surface area (Å²) in [6, 6.07) is 0.0209. The van der Waals surface area contributed by atoms with Gasteiger partial charge in [0.1, 0.15) is 0 Å². The number of aromatic nitrogens is 2. The number of nitrogens with zero attached hydrogens (tertiary/aromatic N) is 1. The Morgan fingerprint density at radius 3 is 2.26 bits per heavy atom. The van der Waals surface area contributed by atoms with Crippen molar-refractivity contribution in [1.82, 2.24) is 9.78 Å². The lowest BCUT2D eigenvalue weighted by Crippen LogP contribution is -2.34. The fraction of sp³-hybridized carbons (Fsp3) is 0.667. The highest BCUT2D eigenvalue weighted by atomic mass is 16.3. The molecule has 2 fully saturated rings. The maximum atomic E-state index is 13.1. The summed E-state index contributed by atoms with van der Waals surface area (Å²) in [6.45, 7) is 2.04. The number of aryl methyl sites for hydroxylation is 1. The molecule has 6 nitrogen and oxygen atoms in total. The predicted molar refractivity (Wildman–Crippen MR) is 104 cm³/mol. The lowest BCUT2D eigenvalue weighted by molar-refractivity contribution is 0.326. The average Bonchev–Trinajstić information content (AvgIpc) is 3.42. The molecule has 2 aromatic rings. The molecule has 146 valence electrons. The summed E-state index contributed by atoms with van der Waals surface area (Å²) < 4.78 is 1.63. The Labute approximate surface area is 157 Å². The van der Waals surface area contributed by atoms with Crippen LogP contribution in [0.3, 0.4) is 0 Å². The molecule has 2 aliphatic carbocycles. The van der Waals surface area contributed by atoms with Gasteiger partial charge in [-0.2, -0.15) is 0 Å². The van der Waals surface area contributed by atoms with Crippen LogP contribution in [0.1, 0.15) is 76.4 Å². The molecule has 1 unspecified atom stereocenters. The molecule has 2 aliphatic rings. The Morgan fingerprint density at radius 2 is 1.63 bits per heavy atom. The van der Waals surface area contributed by atoms with Crippen LogP contribution in [0.2, 0.25) is 0 Å². The van der Waals surface area contributed by atoms with Crippen molar-refractivity contribution in [1.29, 1.82) is 0 Å². The molecule has 27 heavy (non-hydrogen) atoms. The Hall–Kier alpha value is -2.11. The average molecular weight is 372 g/mol. The van der Waals surface area contributed by atoms with Crippen molar-refractivity contribution in [2.45, 2.75) is 77.2 Å². The van der Waals surface area contributed by atoms with Crippen LogP contribution < -0.4 is 16.4 Å². The third-order valence-electron chi connectivity index (χ3n) is 6.89. The molecule has 0 saturated heterocycles. The molecule has 1 heterocycles. The van der Waals surface area contributed by atoms with Gasteiger partial charge in [0.2, 0.25) is 5.43 Å². The van der Waals surface area contributed by atoms with Crippen LogP contribution in [-0.4, -0.2) is 14.9 Å².